The molecule has 8 heteroatoms. The van der Waals surface area contributed by atoms with E-state index in [0.29, 0.717) is 27.3 Å². The number of aromatic nitrogens is 3. The van der Waals surface area contributed by atoms with Crippen LogP contribution in [0.4, 0.5) is 5.69 Å². The lowest BCUT2D eigenvalue weighted by molar-refractivity contribution is 0.0977. The van der Waals surface area contributed by atoms with Crippen LogP contribution in [-0.4, -0.2) is 26.0 Å². The number of unbranched alkanes of at least 4 members (excludes halogenated alkanes) is 1. The third kappa shape index (κ3) is 5.90. The van der Waals surface area contributed by atoms with Gasteiger partial charge in [-0.1, -0.05) is 79.5 Å². The van der Waals surface area contributed by atoms with Gasteiger partial charge in [-0.05, 0) is 78.1 Å². The van der Waals surface area contributed by atoms with Crippen LogP contribution in [0.15, 0.2) is 91.0 Å². The summed E-state index contributed by atoms with van der Waals surface area (Å²) in [6.07, 6.45) is 3.39. The number of hydrogen-bond donors (Lipinski definition) is 2. The quantitative estimate of drug-likeness (QED) is 0.214. The molecule has 4 aromatic carbocycles. The van der Waals surface area contributed by atoms with Crippen molar-refractivity contribution in [2.45, 2.75) is 26.2 Å². The summed E-state index contributed by atoms with van der Waals surface area (Å²) in [6.45, 7) is 2.19. The summed E-state index contributed by atoms with van der Waals surface area (Å²) in [5, 5.41) is 15.4. The maximum Gasteiger partial charge on any atom is 0.257 e. The molecule has 0 radical (unpaired) electrons. The van der Waals surface area contributed by atoms with Gasteiger partial charge in [0.25, 0.3) is 5.91 Å². The second-order valence-electron chi connectivity index (χ2n) is 8.93. The molecule has 0 saturated carbocycles. The number of nitrogens with zero attached hydrogens (tertiary/aromatic N) is 3. The number of anilines is 1. The summed E-state index contributed by atoms with van der Waals surface area (Å²) in [5.74, 6) is -0.312. The van der Waals surface area contributed by atoms with Crippen molar-refractivity contribution in [1.29, 1.82) is 0 Å². The number of hydrogen-bond acceptors (Lipinski definition) is 4. The molecule has 0 aliphatic heterocycles. The minimum Gasteiger partial charge on any atom is -0.331 e. The van der Waals surface area contributed by atoms with E-state index in [4.69, 9.17) is 23.8 Å². The molecule has 1 amide bonds. The summed E-state index contributed by atoms with van der Waals surface area (Å²) >= 11 is 11.9. The smallest absolute Gasteiger partial charge is 0.257 e. The molecule has 6 nitrogen and oxygen atoms in total. The first-order valence-corrected chi connectivity index (χ1v) is 13.2. The van der Waals surface area contributed by atoms with Gasteiger partial charge in [-0.3, -0.25) is 10.1 Å². The number of fused-ring (bicyclic) bond motifs is 1. The molecule has 0 spiro atoms. The van der Waals surface area contributed by atoms with Gasteiger partial charge in [0, 0.05) is 5.56 Å². The van der Waals surface area contributed by atoms with Crippen LogP contribution in [0.2, 0.25) is 5.02 Å². The van der Waals surface area contributed by atoms with E-state index in [1.165, 1.54) is 18.4 Å². The van der Waals surface area contributed by atoms with Crippen LogP contribution in [0.3, 0.4) is 0 Å². The summed E-state index contributed by atoms with van der Waals surface area (Å²) in [6, 6.07) is 29.1. The molecule has 0 bridgehead atoms. The van der Waals surface area contributed by atoms with E-state index in [1.807, 2.05) is 54.6 Å². The van der Waals surface area contributed by atoms with Crippen molar-refractivity contribution < 1.29 is 4.79 Å². The number of carbonyl (C=O) groups is 1. The average molecular weight is 540 g/mol. The minimum atomic E-state index is -0.312. The first-order chi connectivity index (χ1) is 18.5. The Morgan fingerprint density at radius 2 is 1.55 bits per heavy atom. The molecule has 1 aromatic heterocycles. The molecule has 0 aliphatic carbocycles. The van der Waals surface area contributed by atoms with Gasteiger partial charge in [-0.15, -0.1) is 10.2 Å². The van der Waals surface area contributed by atoms with Crippen molar-refractivity contribution in [3.63, 3.8) is 0 Å². The van der Waals surface area contributed by atoms with E-state index in [0.717, 1.165) is 23.2 Å². The second-order valence-corrected chi connectivity index (χ2v) is 9.75. The van der Waals surface area contributed by atoms with E-state index in [9.17, 15) is 4.79 Å². The van der Waals surface area contributed by atoms with Crippen LogP contribution < -0.4 is 10.6 Å². The van der Waals surface area contributed by atoms with E-state index in [-0.39, 0.29) is 11.0 Å². The zero-order valence-corrected chi connectivity index (χ0v) is 22.4. The van der Waals surface area contributed by atoms with Gasteiger partial charge in [0.1, 0.15) is 11.0 Å². The highest BCUT2D eigenvalue weighted by atomic mass is 35.5. The first-order valence-electron chi connectivity index (χ1n) is 12.4. The van der Waals surface area contributed by atoms with Gasteiger partial charge in [0.05, 0.1) is 16.4 Å². The topological polar surface area (TPSA) is 71.8 Å². The van der Waals surface area contributed by atoms with E-state index in [2.05, 4.69) is 39.9 Å². The lowest BCUT2D eigenvalue weighted by Gasteiger charge is -2.11. The molecule has 0 atom stereocenters. The summed E-state index contributed by atoms with van der Waals surface area (Å²) in [5.41, 5.74) is 6.62. The standard InChI is InChI=1S/C30H26ClN5OS/c1-2-3-7-20-10-16-24(17-11-20)36-34-27-18-25(31)26(19-28(27)35-36)32-30(38)33-29(37)23-14-12-22(13-15-23)21-8-5-4-6-9-21/h4-6,8-19H,2-3,7H2,1H3,(H2,32,33,37,38). The Hall–Kier alpha value is -4.07. The number of amides is 1. The molecule has 2 N–H and O–H groups in total. The van der Waals surface area contributed by atoms with Crippen molar-refractivity contribution in [1.82, 2.24) is 20.3 Å². The fraction of sp³-hybridized carbons (Fsp3) is 0.133. The number of aryl methyl sites for hydroxylation is 1. The van der Waals surface area contributed by atoms with Crippen molar-refractivity contribution in [2.75, 3.05) is 5.32 Å². The number of thiocarbonyl (C=S) groups is 1. The molecule has 5 rings (SSSR count). The molecule has 0 saturated heterocycles. The van der Waals surface area contributed by atoms with Crippen LogP contribution in [0, 0.1) is 0 Å². The lowest BCUT2D eigenvalue weighted by atomic mass is 10.0. The van der Waals surface area contributed by atoms with Crippen molar-refractivity contribution in [3.05, 3.63) is 107 Å². The van der Waals surface area contributed by atoms with E-state index < -0.39 is 0 Å². The van der Waals surface area contributed by atoms with Gasteiger partial charge >= 0.3 is 0 Å². The highest BCUT2D eigenvalue weighted by Gasteiger charge is 2.13. The minimum absolute atomic E-state index is 0.137. The maximum atomic E-state index is 12.7. The Labute approximate surface area is 231 Å². The zero-order valence-electron chi connectivity index (χ0n) is 20.8. The molecule has 0 fully saturated rings. The fourth-order valence-electron chi connectivity index (χ4n) is 4.10. The molecule has 5 aromatic rings. The Morgan fingerprint density at radius 1 is 0.895 bits per heavy atom. The maximum absolute atomic E-state index is 12.7. The van der Waals surface area contributed by atoms with Crippen LogP contribution in [-0.2, 0) is 6.42 Å². The Kier molecular flexibility index (Phi) is 7.77. The summed E-state index contributed by atoms with van der Waals surface area (Å²) < 4.78 is 0. The first kappa shape index (κ1) is 25.6. The van der Waals surface area contributed by atoms with Crippen LogP contribution in [0.5, 0.6) is 0 Å². The molecule has 0 unspecified atom stereocenters. The van der Waals surface area contributed by atoms with Crippen molar-refractivity contribution in [3.8, 4) is 16.8 Å². The molecular weight excluding hydrogens is 514 g/mol. The van der Waals surface area contributed by atoms with Gasteiger partial charge in [-0.25, -0.2) is 0 Å². The molecule has 0 aliphatic rings. The van der Waals surface area contributed by atoms with Gasteiger partial charge in [0.15, 0.2) is 5.11 Å². The number of benzene rings is 4. The normalized spacial score (nSPS) is 10.9. The Bertz CT molecular complexity index is 1580. The van der Waals surface area contributed by atoms with Crippen LogP contribution >= 0.6 is 23.8 Å². The highest BCUT2D eigenvalue weighted by Crippen LogP contribution is 2.27. The SMILES string of the molecule is CCCCc1ccc(-n2nc3cc(Cl)c(NC(=S)NC(=O)c4ccc(-c5ccccc5)cc4)cc3n2)cc1. The lowest BCUT2D eigenvalue weighted by Crippen LogP contribution is -2.34. The van der Waals surface area contributed by atoms with Gasteiger partial charge in [-0.2, -0.15) is 4.80 Å². The Balaban J connectivity index is 1.26. The third-order valence-electron chi connectivity index (χ3n) is 6.18. The molecular formula is C30H26ClN5OS. The van der Waals surface area contributed by atoms with Gasteiger partial charge in [0.2, 0.25) is 0 Å². The number of rotatable bonds is 7. The van der Waals surface area contributed by atoms with E-state index >= 15 is 0 Å². The second kappa shape index (κ2) is 11.5. The van der Waals surface area contributed by atoms with Crippen molar-refractivity contribution >= 4 is 51.6 Å². The van der Waals surface area contributed by atoms with E-state index in [1.54, 1.807) is 29.1 Å². The largest absolute Gasteiger partial charge is 0.331 e. The average Bonchev–Trinajstić information content (AvgIpc) is 3.35. The fourth-order valence-corrected chi connectivity index (χ4v) is 4.51. The Morgan fingerprint density at radius 3 is 2.24 bits per heavy atom. The summed E-state index contributed by atoms with van der Waals surface area (Å²) in [4.78, 5) is 14.3. The molecule has 38 heavy (non-hydrogen) atoms. The third-order valence-corrected chi connectivity index (χ3v) is 6.70. The van der Waals surface area contributed by atoms with Crippen molar-refractivity contribution in [2.24, 2.45) is 0 Å². The summed E-state index contributed by atoms with van der Waals surface area (Å²) in [7, 11) is 0. The number of halogens is 1. The molecule has 1 heterocycles. The van der Waals surface area contributed by atoms with Crippen LogP contribution in [0.1, 0.15) is 35.7 Å². The monoisotopic (exact) mass is 539 g/mol. The number of nitrogens with one attached hydrogen (secondary N) is 2. The number of carbonyl (C=O) groups excluding carboxylic acids is 1. The highest BCUT2D eigenvalue weighted by molar-refractivity contribution is 7.80. The van der Waals surface area contributed by atoms with Crippen LogP contribution in [0.25, 0.3) is 27.8 Å². The zero-order chi connectivity index (χ0) is 26.5. The molecule has 190 valence electrons. The predicted molar refractivity (Wildman–Crippen MR) is 158 cm³/mol. The predicted octanol–water partition coefficient (Wildman–Crippen LogP) is 7.21. The van der Waals surface area contributed by atoms with Gasteiger partial charge < -0.3 is 5.32 Å².